The van der Waals surface area contributed by atoms with Gasteiger partial charge in [0.2, 0.25) is 10.0 Å². The Balaban J connectivity index is 1.67. The molecule has 1 aromatic rings. The molecule has 2 aliphatic heterocycles. The number of rotatable bonds is 10. The zero-order valence-corrected chi connectivity index (χ0v) is 21.9. The SMILES string of the molecule is CC#CCOc1ccc(S(=O)(=O)CC2(C(=O)NO)CCN(S(=O)(=O)CCN3CCOCC3)CC2)cc1. The van der Waals surface area contributed by atoms with E-state index >= 15 is 0 Å². The molecule has 0 atom stereocenters. The molecule has 13 heteroatoms. The molecule has 3 rings (SSSR count). The van der Waals surface area contributed by atoms with E-state index in [0.29, 0.717) is 38.6 Å². The first-order valence-electron chi connectivity index (χ1n) is 11.7. The topological polar surface area (TPSA) is 143 Å². The standard InChI is InChI=1S/C23H33N3O8S2/c1-2-3-15-34-20-4-6-21(7-5-20)35(29,30)19-23(22(27)24-28)8-10-26(11-9-23)36(31,32)18-14-25-12-16-33-17-13-25/h4-7,28H,8-19H2,1H3,(H,24,27). The van der Waals surface area contributed by atoms with Gasteiger partial charge in [0, 0.05) is 32.7 Å². The molecule has 2 aliphatic rings. The Kier molecular flexibility index (Phi) is 9.73. The smallest absolute Gasteiger partial charge is 0.250 e. The van der Waals surface area contributed by atoms with Crippen molar-refractivity contribution in [3.63, 3.8) is 0 Å². The van der Waals surface area contributed by atoms with Gasteiger partial charge in [-0.1, -0.05) is 5.92 Å². The fourth-order valence-electron chi connectivity index (χ4n) is 4.33. The molecule has 0 aromatic heterocycles. The predicted octanol–water partition coefficient (Wildman–Crippen LogP) is 0.112. The minimum absolute atomic E-state index is 0.00195. The zero-order valence-electron chi connectivity index (χ0n) is 20.3. The van der Waals surface area contributed by atoms with Crippen LogP contribution in [0.1, 0.15) is 19.8 Å². The molecule has 2 fully saturated rings. The number of hydrogen-bond donors (Lipinski definition) is 2. The van der Waals surface area contributed by atoms with Crippen LogP contribution in [0.15, 0.2) is 29.2 Å². The molecule has 200 valence electrons. The normalized spacial score (nSPS) is 19.2. The Morgan fingerprint density at radius 3 is 2.33 bits per heavy atom. The van der Waals surface area contributed by atoms with Crippen molar-refractivity contribution < 1.29 is 36.3 Å². The number of ether oxygens (including phenoxy) is 2. The van der Waals surface area contributed by atoms with Crippen molar-refractivity contribution in [2.45, 2.75) is 24.7 Å². The van der Waals surface area contributed by atoms with E-state index in [9.17, 15) is 26.8 Å². The third-order valence-corrected chi connectivity index (χ3v) is 10.3. The highest BCUT2D eigenvalue weighted by Gasteiger charge is 2.46. The molecular weight excluding hydrogens is 510 g/mol. The molecule has 36 heavy (non-hydrogen) atoms. The van der Waals surface area contributed by atoms with E-state index in [4.69, 9.17) is 9.47 Å². The lowest BCUT2D eigenvalue weighted by molar-refractivity contribution is -0.140. The van der Waals surface area contributed by atoms with Crippen LogP contribution in [-0.2, 0) is 29.4 Å². The summed E-state index contributed by atoms with van der Waals surface area (Å²) in [5.74, 6) is 4.43. The number of piperidine rings is 1. The summed E-state index contributed by atoms with van der Waals surface area (Å²) in [6, 6.07) is 5.79. The van der Waals surface area contributed by atoms with Crippen molar-refractivity contribution in [1.82, 2.24) is 14.7 Å². The number of nitrogens with one attached hydrogen (secondary N) is 1. The van der Waals surface area contributed by atoms with E-state index in [0.717, 1.165) is 0 Å². The fraction of sp³-hybridized carbons (Fsp3) is 0.609. The van der Waals surface area contributed by atoms with E-state index in [1.165, 1.54) is 28.6 Å². The van der Waals surface area contributed by atoms with Gasteiger partial charge in [0.1, 0.15) is 12.4 Å². The lowest BCUT2D eigenvalue weighted by atomic mass is 9.80. The third-order valence-electron chi connectivity index (χ3n) is 6.56. The average molecular weight is 544 g/mol. The van der Waals surface area contributed by atoms with Crippen molar-refractivity contribution in [2.75, 3.05) is 64.1 Å². The molecule has 2 N–H and O–H groups in total. The van der Waals surface area contributed by atoms with Gasteiger partial charge in [-0.15, -0.1) is 5.92 Å². The van der Waals surface area contributed by atoms with Crippen LogP contribution in [0, 0.1) is 17.3 Å². The summed E-state index contributed by atoms with van der Waals surface area (Å²) in [5, 5.41) is 9.34. The summed E-state index contributed by atoms with van der Waals surface area (Å²) in [4.78, 5) is 14.7. The molecule has 2 heterocycles. The molecule has 0 bridgehead atoms. The molecule has 0 radical (unpaired) electrons. The van der Waals surface area contributed by atoms with Crippen LogP contribution in [0.25, 0.3) is 0 Å². The number of nitrogens with zero attached hydrogens (tertiary/aromatic N) is 2. The molecule has 0 saturated carbocycles. The van der Waals surface area contributed by atoms with Gasteiger partial charge in [-0.3, -0.25) is 14.9 Å². The van der Waals surface area contributed by atoms with Gasteiger partial charge < -0.3 is 9.47 Å². The number of amides is 1. The number of hydrogen-bond acceptors (Lipinski definition) is 9. The molecule has 0 aliphatic carbocycles. The number of morpholine rings is 1. The highest BCUT2D eigenvalue weighted by molar-refractivity contribution is 7.91. The maximum Gasteiger partial charge on any atom is 0.250 e. The molecule has 1 aromatic carbocycles. The maximum atomic E-state index is 13.2. The third kappa shape index (κ3) is 7.18. The van der Waals surface area contributed by atoms with Gasteiger partial charge >= 0.3 is 0 Å². The number of hydroxylamine groups is 1. The van der Waals surface area contributed by atoms with Crippen molar-refractivity contribution in [3.8, 4) is 17.6 Å². The second-order valence-corrected chi connectivity index (χ2v) is 12.9. The zero-order chi connectivity index (χ0) is 26.2. The minimum Gasteiger partial charge on any atom is -0.481 e. The molecule has 0 unspecified atom stereocenters. The summed E-state index contributed by atoms with van der Waals surface area (Å²) in [6.45, 7) is 4.70. The van der Waals surface area contributed by atoms with Crippen molar-refractivity contribution >= 4 is 25.8 Å². The van der Waals surface area contributed by atoms with E-state index < -0.39 is 36.9 Å². The number of sulfonamides is 1. The van der Waals surface area contributed by atoms with Crippen LogP contribution < -0.4 is 10.2 Å². The lowest BCUT2D eigenvalue weighted by Gasteiger charge is -2.39. The van der Waals surface area contributed by atoms with E-state index in [1.807, 2.05) is 4.90 Å². The second kappa shape index (κ2) is 12.4. The largest absolute Gasteiger partial charge is 0.481 e. The maximum absolute atomic E-state index is 13.2. The summed E-state index contributed by atoms with van der Waals surface area (Å²) >= 11 is 0. The highest BCUT2D eigenvalue weighted by atomic mass is 32.2. The second-order valence-electron chi connectivity index (χ2n) is 8.84. The van der Waals surface area contributed by atoms with Crippen molar-refractivity contribution in [1.29, 1.82) is 0 Å². The number of carbonyl (C=O) groups excluding carboxylic acids is 1. The molecule has 11 nitrogen and oxygen atoms in total. The number of benzene rings is 1. The van der Waals surface area contributed by atoms with Gasteiger partial charge in [-0.05, 0) is 44.0 Å². The van der Waals surface area contributed by atoms with Crippen molar-refractivity contribution in [2.24, 2.45) is 5.41 Å². The average Bonchev–Trinajstić information content (AvgIpc) is 2.88. The summed E-state index contributed by atoms with van der Waals surface area (Å²) in [6.07, 6.45) is -0.0709. The first-order chi connectivity index (χ1) is 17.1. The van der Waals surface area contributed by atoms with Gasteiger partial charge in [-0.25, -0.2) is 26.6 Å². The Morgan fingerprint density at radius 2 is 1.75 bits per heavy atom. The van der Waals surface area contributed by atoms with E-state index in [-0.39, 0.29) is 43.2 Å². The first kappa shape index (κ1) is 28.4. The minimum atomic E-state index is -3.94. The van der Waals surface area contributed by atoms with Gasteiger partial charge in [0.05, 0.1) is 35.0 Å². The van der Waals surface area contributed by atoms with Crippen LogP contribution in [0.2, 0.25) is 0 Å². The van der Waals surface area contributed by atoms with Crippen LogP contribution in [0.3, 0.4) is 0 Å². The molecule has 2 saturated heterocycles. The van der Waals surface area contributed by atoms with E-state index in [1.54, 1.807) is 12.4 Å². The van der Waals surface area contributed by atoms with Crippen LogP contribution in [0.4, 0.5) is 0 Å². The Hall–Kier alpha value is -2.21. The molecular formula is C23H33N3O8S2. The summed E-state index contributed by atoms with van der Waals surface area (Å²) in [5.41, 5.74) is 0.124. The van der Waals surface area contributed by atoms with Crippen molar-refractivity contribution in [3.05, 3.63) is 24.3 Å². The van der Waals surface area contributed by atoms with Gasteiger partial charge in [0.25, 0.3) is 5.91 Å². The Labute approximate surface area is 212 Å². The fourth-order valence-corrected chi connectivity index (χ4v) is 7.68. The van der Waals surface area contributed by atoms with Crippen LogP contribution in [-0.4, -0.2) is 101 Å². The highest BCUT2D eigenvalue weighted by Crippen LogP contribution is 2.36. The van der Waals surface area contributed by atoms with E-state index in [2.05, 4.69) is 11.8 Å². The number of carbonyl (C=O) groups is 1. The quantitative estimate of drug-likeness (QED) is 0.239. The lowest BCUT2D eigenvalue weighted by Crippen LogP contribution is -2.53. The van der Waals surface area contributed by atoms with Gasteiger partial charge in [0.15, 0.2) is 9.84 Å². The Bertz CT molecular complexity index is 1160. The predicted molar refractivity (Wildman–Crippen MR) is 132 cm³/mol. The van der Waals surface area contributed by atoms with Crippen LogP contribution in [0.5, 0.6) is 5.75 Å². The first-order valence-corrected chi connectivity index (χ1v) is 15.0. The van der Waals surface area contributed by atoms with Crippen LogP contribution >= 0.6 is 0 Å². The molecule has 1 amide bonds. The summed E-state index contributed by atoms with van der Waals surface area (Å²) in [7, 11) is -7.53. The number of sulfone groups is 1. The summed E-state index contributed by atoms with van der Waals surface area (Å²) < 4.78 is 64.1. The Morgan fingerprint density at radius 1 is 1.11 bits per heavy atom. The molecule has 0 spiro atoms. The van der Waals surface area contributed by atoms with Gasteiger partial charge in [-0.2, -0.15) is 0 Å². The monoisotopic (exact) mass is 543 g/mol.